The molecule has 1 aromatic heterocycles. The Kier molecular flexibility index (Phi) is 3.82. The highest BCUT2D eigenvalue weighted by Crippen LogP contribution is 2.26. The SMILES string of the molecule is COC(=O)C1CN(C(=O)C(C)n2cncn2)CC1C. The van der Waals surface area contributed by atoms with Crippen molar-refractivity contribution in [3.8, 4) is 0 Å². The average molecular weight is 266 g/mol. The Hall–Kier alpha value is -1.92. The number of likely N-dealkylation sites (tertiary alicyclic amines) is 1. The molecule has 2 rings (SSSR count). The number of esters is 1. The summed E-state index contributed by atoms with van der Waals surface area (Å²) < 4.78 is 6.27. The number of ether oxygens (including phenoxy) is 1. The van der Waals surface area contributed by atoms with Gasteiger partial charge in [0.1, 0.15) is 18.7 Å². The zero-order valence-corrected chi connectivity index (χ0v) is 11.3. The van der Waals surface area contributed by atoms with Crippen LogP contribution in [0.2, 0.25) is 0 Å². The molecule has 0 bridgehead atoms. The molecule has 1 aromatic rings. The van der Waals surface area contributed by atoms with Crippen molar-refractivity contribution < 1.29 is 14.3 Å². The summed E-state index contributed by atoms with van der Waals surface area (Å²) in [6.45, 7) is 4.70. The Morgan fingerprint density at radius 3 is 2.74 bits per heavy atom. The van der Waals surface area contributed by atoms with E-state index >= 15 is 0 Å². The number of hydrogen-bond donors (Lipinski definition) is 0. The van der Waals surface area contributed by atoms with Crippen LogP contribution in [0.25, 0.3) is 0 Å². The fraction of sp³-hybridized carbons (Fsp3) is 0.667. The fourth-order valence-electron chi connectivity index (χ4n) is 2.40. The van der Waals surface area contributed by atoms with Gasteiger partial charge in [-0.25, -0.2) is 9.67 Å². The van der Waals surface area contributed by atoms with Gasteiger partial charge in [0.2, 0.25) is 5.91 Å². The molecule has 0 N–H and O–H groups in total. The van der Waals surface area contributed by atoms with Crippen LogP contribution in [0.15, 0.2) is 12.7 Å². The molecule has 104 valence electrons. The number of carbonyl (C=O) groups excluding carboxylic acids is 2. The van der Waals surface area contributed by atoms with Crippen LogP contribution in [0, 0.1) is 11.8 Å². The van der Waals surface area contributed by atoms with Crippen molar-refractivity contribution in [1.29, 1.82) is 0 Å². The van der Waals surface area contributed by atoms with Gasteiger partial charge in [-0.15, -0.1) is 0 Å². The molecule has 0 spiro atoms. The van der Waals surface area contributed by atoms with Gasteiger partial charge in [-0.1, -0.05) is 6.92 Å². The quantitative estimate of drug-likeness (QED) is 0.725. The molecule has 1 fully saturated rings. The first-order valence-corrected chi connectivity index (χ1v) is 6.25. The number of hydrogen-bond acceptors (Lipinski definition) is 5. The summed E-state index contributed by atoms with van der Waals surface area (Å²) in [4.78, 5) is 29.5. The third kappa shape index (κ3) is 2.59. The van der Waals surface area contributed by atoms with Gasteiger partial charge in [-0.05, 0) is 12.8 Å². The molecule has 0 aliphatic carbocycles. The molecule has 0 saturated carbocycles. The Labute approximate surface area is 111 Å². The molecule has 2 heterocycles. The summed E-state index contributed by atoms with van der Waals surface area (Å²) in [7, 11) is 1.37. The van der Waals surface area contributed by atoms with E-state index in [1.807, 2.05) is 6.92 Å². The molecule has 3 atom stereocenters. The maximum Gasteiger partial charge on any atom is 0.310 e. The normalized spacial score (nSPS) is 24.3. The monoisotopic (exact) mass is 266 g/mol. The van der Waals surface area contributed by atoms with Gasteiger partial charge in [-0.2, -0.15) is 5.10 Å². The smallest absolute Gasteiger partial charge is 0.310 e. The predicted molar refractivity (Wildman–Crippen MR) is 66.0 cm³/mol. The summed E-state index contributed by atoms with van der Waals surface area (Å²) in [5.41, 5.74) is 0. The van der Waals surface area contributed by atoms with Gasteiger partial charge in [0.05, 0.1) is 13.0 Å². The van der Waals surface area contributed by atoms with E-state index in [2.05, 4.69) is 10.1 Å². The van der Waals surface area contributed by atoms with Crippen molar-refractivity contribution in [2.24, 2.45) is 11.8 Å². The Bertz CT molecular complexity index is 460. The lowest BCUT2D eigenvalue weighted by Crippen LogP contribution is -2.35. The van der Waals surface area contributed by atoms with Crippen LogP contribution in [0.3, 0.4) is 0 Å². The van der Waals surface area contributed by atoms with E-state index < -0.39 is 6.04 Å². The first-order chi connectivity index (χ1) is 9.04. The Balaban J connectivity index is 2.04. The first-order valence-electron chi connectivity index (χ1n) is 6.25. The highest BCUT2D eigenvalue weighted by Gasteiger charge is 2.39. The van der Waals surface area contributed by atoms with Crippen molar-refractivity contribution >= 4 is 11.9 Å². The number of aromatic nitrogens is 3. The lowest BCUT2D eigenvalue weighted by Gasteiger charge is -2.20. The number of methoxy groups -OCH3 is 1. The van der Waals surface area contributed by atoms with Crippen molar-refractivity contribution in [3.63, 3.8) is 0 Å². The number of carbonyl (C=O) groups is 2. The second kappa shape index (κ2) is 5.38. The topological polar surface area (TPSA) is 77.3 Å². The molecule has 7 nitrogen and oxygen atoms in total. The predicted octanol–water partition coefficient (Wildman–Crippen LogP) is 0.107. The van der Waals surface area contributed by atoms with Crippen LogP contribution >= 0.6 is 0 Å². The molecular formula is C12H18N4O3. The Morgan fingerprint density at radius 1 is 1.42 bits per heavy atom. The highest BCUT2D eigenvalue weighted by molar-refractivity contribution is 5.82. The van der Waals surface area contributed by atoms with E-state index in [0.717, 1.165) is 0 Å². The highest BCUT2D eigenvalue weighted by atomic mass is 16.5. The molecule has 1 aliphatic rings. The van der Waals surface area contributed by atoms with E-state index in [1.54, 1.807) is 11.8 Å². The summed E-state index contributed by atoms with van der Waals surface area (Å²) in [6.07, 6.45) is 2.91. The summed E-state index contributed by atoms with van der Waals surface area (Å²) in [5, 5.41) is 3.96. The van der Waals surface area contributed by atoms with Crippen LogP contribution in [0.4, 0.5) is 0 Å². The van der Waals surface area contributed by atoms with Gasteiger partial charge in [0.15, 0.2) is 0 Å². The van der Waals surface area contributed by atoms with Gasteiger partial charge in [-0.3, -0.25) is 9.59 Å². The van der Waals surface area contributed by atoms with Crippen molar-refractivity contribution in [1.82, 2.24) is 19.7 Å². The van der Waals surface area contributed by atoms with Gasteiger partial charge in [0, 0.05) is 13.1 Å². The molecular weight excluding hydrogens is 248 g/mol. The number of amides is 1. The zero-order chi connectivity index (χ0) is 14.0. The molecule has 1 aliphatic heterocycles. The summed E-state index contributed by atoms with van der Waals surface area (Å²) in [5.74, 6) is -0.434. The van der Waals surface area contributed by atoms with E-state index in [4.69, 9.17) is 4.74 Å². The van der Waals surface area contributed by atoms with Crippen LogP contribution in [-0.2, 0) is 14.3 Å². The summed E-state index contributed by atoms with van der Waals surface area (Å²) >= 11 is 0. The van der Waals surface area contributed by atoms with E-state index in [0.29, 0.717) is 13.1 Å². The lowest BCUT2D eigenvalue weighted by atomic mass is 9.99. The molecule has 1 saturated heterocycles. The lowest BCUT2D eigenvalue weighted by molar-refractivity contribution is -0.146. The summed E-state index contributed by atoms with van der Waals surface area (Å²) in [6, 6.07) is -0.411. The Morgan fingerprint density at radius 2 is 2.16 bits per heavy atom. The van der Waals surface area contributed by atoms with Crippen LogP contribution in [0.5, 0.6) is 0 Å². The van der Waals surface area contributed by atoms with Crippen LogP contribution in [0.1, 0.15) is 19.9 Å². The molecule has 0 aromatic carbocycles. The standard InChI is InChI=1S/C12H18N4O3/c1-8-4-15(5-10(8)12(18)19-3)11(17)9(2)16-7-13-6-14-16/h6-10H,4-5H2,1-3H3. The second-order valence-corrected chi connectivity index (χ2v) is 4.90. The van der Waals surface area contributed by atoms with Gasteiger partial charge in [0.25, 0.3) is 0 Å². The molecule has 3 unspecified atom stereocenters. The zero-order valence-electron chi connectivity index (χ0n) is 11.3. The van der Waals surface area contributed by atoms with E-state index in [1.165, 1.54) is 24.4 Å². The van der Waals surface area contributed by atoms with E-state index in [9.17, 15) is 9.59 Å². The van der Waals surface area contributed by atoms with Crippen molar-refractivity contribution in [3.05, 3.63) is 12.7 Å². The molecule has 1 amide bonds. The average Bonchev–Trinajstić information content (AvgIpc) is 3.05. The fourth-order valence-corrected chi connectivity index (χ4v) is 2.40. The number of nitrogens with zero attached hydrogens (tertiary/aromatic N) is 4. The largest absolute Gasteiger partial charge is 0.469 e. The van der Waals surface area contributed by atoms with Crippen molar-refractivity contribution in [2.75, 3.05) is 20.2 Å². The third-order valence-corrected chi connectivity index (χ3v) is 3.62. The molecule has 0 radical (unpaired) electrons. The first kappa shape index (κ1) is 13.5. The van der Waals surface area contributed by atoms with Gasteiger partial charge >= 0.3 is 5.97 Å². The molecule has 19 heavy (non-hydrogen) atoms. The minimum absolute atomic E-state index is 0.0521. The third-order valence-electron chi connectivity index (χ3n) is 3.62. The number of rotatable bonds is 3. The van der Waals surface area contributed by atoms with Crippen LogP contribution < -0.4 is 0 Å². The molecule has 7 heteroatoms. The minimum atomic E-state index is -0.411. The van der Waals surface area contributed by atoms with E-state index in [-0.39, 0.29) is 23.7 Å². The minimum Gasteiger partial charge on any atom is -0.469 e. The van der Waals surface area contributed by atoms with Crippen molar-refractivity contribution in [2.45, 2.75) is 19.9 Å². The second-order valence-electron chi connectivity index (χ2n) is 4.90. The maximum atomic E-state index is 12.3. The van der Waals surface area contributed by atoms with Crippen LogP contribution in [-0.4, -0.2) is 51.7 Å². The van der Waals surface area contributed by atoms with Gasteiger partial charge < -0.3 is 9.64 Å². The maximum absolute atomic E-state index is 12.3.